The topological polar surface area (TPSA) is 17.1 Å². The number of carbonyl (C=O) groups is 1. The van der Waals surface area contributed by atoms with Gasteiger partial charge in [0.2, 0.25) is 0 Å². The molecule has 29 heavy (non-hydrogen) atoms. The first kappa shape index (κ1) is 17.6. The van der Waals surface area contributed by atoms with Gasteiger partial charge in [0.25, 0.3) is 0 Å². The fourth-order valence-electron chi connectivity index (χ4n) is 4.63. The number of ketones is 1. The average Bonchev–Trinajstić information content (AvgIpc) is 2.76. The smallest absolute Gasteiger partial charge is 0.182 e. The molecule has 4 aromatic rings. The van der Waals surface area contributed by atoms with E-state index in [1.165, 1.54) is 11.1 Å². The SMILES string of the molecule is Cc1ccc(C2(c3ccc(C)cc3)C(=O)c3ccccc3-c3ccccc32)cc1. The van der Waals surface area contributed by atoms with E-state index >= 15 is 0 Å². The van der Waals surface area contributed by atoms with E-state index in [1.54, 1.807) is 0 Å². The van der Waals surface area contributed by atoms with E-state index in [2.05, 4.69) is 86.6 Å². The van der Waals surface area contributed by atoms with Gasteiger partial charge in [-0.1, -0.05) is 108 Å². The standard InChI is InChI=1S/C28H22O/c1-19-11-15-21(16-12-19)28(22-17-13-20(2)14-18-22)26-10-6-5-8-24(26)23-7-3-4-9-25(23)27(28)29/h3-18H,1-2H3. The van der Waals surface area contributed by atoms with Gasteiger partial charge in [-0.15, -0.1) is 0 Å². The number of hydrogen-bond acceptors (Lipinski definition) is 1. The average molecular weight is 374 g/mol. The van der Waals surface area contributed by atoms with Crippen molar-refractivity contribution in [2.45, 2.75) is 19.3 Å². The van der Waals surface area contributed by atoms with Crippen molar-refractivity contribution in [3.05, 3.63) is 130 Å². The molecule has 5 rings (SSSR count). The summed E-state index contributed by atoms with van der Waals surface area (Å²) in [7, 11) is 0. The zero-order chi connectivity index (χ0) is 20.0. The predicted octanol–water partition coefficient (Wildman–Crippen LogP) is 6.50. The number of Topliss-reactive ketones (excluding diaryl/α,β-unsaturated/α-hetero) is 1. The molecule has 0 amide bonds. The van der Waals surface area contributed by atoms with Crippen LogP contribution in [-0.4, -0.2) is 5.78 Å². The molecule has 0 spiro atoms. The molecule has 0 saturated heterocycles. The quantitative estimate of drug-likeness (QED) is 0.391. The van der Waals surface area contributed by atoms with Gasteiger partial charge in [-0.25, -0.2) is 0 Å². The van der Waals surface area contributed by atoms with Crippen molar-refractivity contribution >= 4 is 5.78 Å². The van der Waals surface area contributed by atoms with Crippen LogP contribution in [0.3, 0.4) is 0 Å². The molecule has 0 aromatic heterocycles. The Morgan fingerprint density at radius 2 is 0.966 bits per heavy atom. The largest absolute Gasteiger partial charge is 0.292 e. The second kappa shape index (κ2) is 6.56. The Morgan fingerprint density at radius 1 is 0.517 bits per heavy atom. The Balaban J connectivity index is 1.94. The van der Waals surface area contributed by atoms with E-state index in [0.29, 0.717) is 0 Å². The van der Waals surface area contributed by atoms with Crippen LogP contribution in [0.25, 0.3) is 11.1 Å². The molecule has 0 unspecified atom stereocenters. The number of hydrogen-bond donors (Lipinski definition) is 0. The summed E-state index contributed by atoms with van der Waals surface area (Å²) in [5.74, 6) is 0.138. The molecule has 0 saturated carbocycles. The van der Waals surface area contributed by atoms with E-state index in [-0.39, 0.29) is 5.78 Å². The molecule has 0 heterocycles. The van der Waals surface area contributed by atoms with Crippen LogP contribution in [-0.2, 0) is 5.41 Å². The highest BCUT2D eigenvalue weighted by molar-refractivity contribution is 6.16. The lowest BCUT2D eigenvalue weighted by Crippen LogP contribution is -2.41. The first-order valence-corrected chi connectivity index (χ1v) is 10.0. The molecule has 1 aliphatic carbocycles. The molecule has 140 valence electrons. The molecular weight excluding hydrogens is 352 g/mol. The van der Waals surface area contributed by atoms with Crippen LogP contribution in [0.1, 0.15) is 38.2 Å². The van der Waals surface area contributed by atoms with Crippen molar-refractivity contribution in [1.82, 2.24) is 0 Å². The lowest BCUT2D eigenvalue weighted by molar-refractivity contribution is 0.0933. The number of benzene rings is 4. The maximum Gasteiger partial charge on any atom is 0.182 e. The first-order chi connectivity index (χ1) is 14.1. The molecule has 1 nitrogen and oxygen atoms in total. The summed E-state index contributed by atoms with van der Waals surface area (Å²) in [6.45, 7) is 4.16. The van der Waals surface area contributed by atoms with E-state index in [1.807, 2.05) is 24.3 Å². The van der Waals surface area contributed by atoms with Crippen molar-refractivity contribution in [2.75, 3.05) is 0 Å². The van der Waals surface area contributed by atoms with Crippen LogP contribution in [0.5, 0.6) is 0 Å². The summed E-state index contributed by atoms with van der Waals surface area (Å²) in [6, 6.07) is 33.2. The fraction of sp³-hybridized carbons (Fsp3) is 0.107. The van der Waals surface area contributed by atoms with E-state index in [4.69, 9.17) is 0 Å². The Morgan fingerprint density at radius 3 is 1.52 bits per heavy atom. The minimum Gasteiger partial charge on any atom is -0.292 e. The van der Waals surface area contributed by atoms with Crippen LogP contribution in [0.15, 0.2) is 97.1 Å². The predicted molar refractivity (Wildman–Crippen MR) is 118 cm³/mol. The van der Waals surface area contributed by atoms with Gasteiger partial charge in [0, 0.05) is 5.56 Å². The van der Waals surface area contributed by atoms with Gasteiger partial charge < -0.3 is 0 Å². The maximum atomic E-state index is 14.3. The van der Waals surface area contributed by atoms with E-state index in [9.17, 15) is 4.79 Å². The monoisotopic (exact) mass is 374 g/mol. The molecule has 1 aliphatic rings. The van der Waals surface area contributed by atoms with E-state index in [0.717, 1.165) is 33.4 Å². The molecule has 1 heteroatoms. The molecule has 0 N–H and O–H groups in total. The summed E-state index contributed by atoms with van der Waals surface area (Å²) >= 11 is 0. The Bertz CT molecular complexity index is 1170. The minimum atomic E-state index is -0.855. The number of aryl methyl sites for hydroxylation is 2. The van der Waals surface area contributed by atoms with Crippen molar-refractivity contribution < 1.29 is 4.79 Å². The summed E-state index contributed by atoms with van der Waals surface area (Å²) in [5, 5.41) is 0. The Hall–Kier alpha value is -3.45. The van der Waals surface area contributed by atoms with Gasteiger partial charge in [-0.05, 0) is 41.7 Å². The second-order valence-corrected chi connectivity index (χ2v) is 7.90. The normalized spacial score (nSPS) is 14.2. The zero-order valence-corrected chi connectivity index (χ0v) is 16.6. The molecule has 0 radical (unpaired) electrons. The summed E-state index contributed by atoms with van der Waals surface area (Å²) in [6.07, 6.45) is 0. The van der Waals surface area contributed by atoms with Crippen molar-refractivity contribution in [1.29, 1.82) is 0 Å². The molecular formula is C28H22O. The molecule has 0 aliphatic heterocycles. The van der Waals surface area contributed by atoms with Gasteiger partial charge in [-0.2, -0.15) is 0 Å². The lowest BCUT2D eigenvalue weighted by Gasteiger charge is -2.39. The summed E-state index contributed by atoms with van der Waals surface area (Å²) in [4.78, 5) is 14.3. The van der Waals surface area contributed by atoms with Gasteiger partial charge in [0.05, 0.1) is 0 Å². The van der Waals surface area contributed by atoms with Crippen LogP contribution >= 0.6 is 0 Å². The third-order valence-corrected chi connectivity index (χ3v) is 6.10. The number of carbonyl (C=O) groups excluding carboxylic acids is 1. The summed E-state index contributed by atoms with van der Waals surface area (Å²) in [5.41, 5.74) is 7.52. The Kier molecular flexibility index (Phi) is 3.99. The molecule has 0 bridgehead atoms. The third kappa shape index (κ3) is 2.51. The van der Waals surface area contributed by atoms with Crippen LogP contribution in [0, 0.1) is 13.8 Å². The second-order valence-electron chi connectivity index (χ2n) is 7.90. The van der Waals surface area contributed by atoms with E-state index < -0.39 is 5.41 Å². The highest BCUT2D eigenvalue weighted by Gasteiger charge is 2.48. The lowest BCUT2D eigenvalue weighted by atomic mass is 9.60. The highest BCUT2D eigenvalue weighted by Crippen LogP contribution is 2.50. The van der Waals surface area contributed by atoms with Crippen LogP contribution < -0.4 is 0 Å². The molecule has 0 fully saturated rings. The Labute approximate surface area is 171 Å². The molecule has 4 aromatic carbocycles. The van der Waals surface area contributed by atoms with Gasteiger partial charge >= 0.3 is 0 Å². The van der Waals surface area contributed by atoms with Crippen molar-refractivity contribution in [3.63, 3.8) is 0 Å². The zero-order valence-electron chi connectivity index (χ0n) is 16.6. The third-order valence-electron chi connectivity index (χ3n) is 6.10. The van der Waals surface area contributed by atoms with Crippen molar-refractivity contribution in [3.8, 4) is 11.1 Å². The van der Waals surface area contributed by atoms with Crippen LogP contribution in [0.2, 0.25) is 0 Å². The van der Waals surface area contributed by atoms with Gasteiger partial charge in [0.15, 0.2) is 5.78 Å². The van der Waals surface area contributed by atoms with Gasteiger partial charge in [0.1, 0.15) is 5.41 Å². The summed E-state index contributed by atoms with van der Waals surface area (Å²) < 4.78 is 0. The number of rotatable bonds is 2. The minimum absolute atomic E-state index is 0.138. The molecule has 0 atom stereocenters. The number of fused-ring (bicyclic) bond motifs is 3. The van der Waals surface area contributed by atoms with Crippen LogP contribution in [0.4, 0.5) is 0 Å². The fourth-order valence-corrected chi connectivity index (χ4v) is 4.63. The highest BCUT2D eigenvalue weighted by atomic mass is 16.1. The van der Waals surface area contributed by atoms with Crippen molar-refractivity contribution in [2.24, 2.45) is 0 Å². The maximum absolute atomic E-state index is 14.3. The first-order valence-electron chi connectivity index (χ1n) is 10.0. The van der Waals surface area contributed by atoms with Gasteiger partial charge in [-0.3, -0.25) is 4.79 Å².